The summed E-state index contributed by atoms with van der Waals surface area (Å²) in [5, 5.41) is 15.1. The first-order valence-electron chi connectivity index (χ1n) is 7.10. The van der Waals surface area contributed by atoms with E-state index in [0.29, 0.717) is 19.5 Å². The Hall–Kier alpha value is -2.18. The first-order valence-corrected chi connectivity index (χ1v) is 7.10. The second-order valence-corrected chi connectivity index (χ2v) is 5.25. The van der Waals surface area contributed by atoms with Crippen molar-refractivity contribution < 1.29 is 4.79 Å². The topological polar surface area (TPSA) is 77.6 Å². The maximum atomic E-state index is 11.9. The van der Waals surface area contributed by atoms with E-state index in [1.165, 1.54) is 5.56 Å². The average molecular weight is 290 g/mol. The quantitative estimate of drug-likeness (QED) is 0.849. The molecular weight excluding hydrogens is 268 g/mol. The van der Waals surface area contributed by atoms with Crippen LogP contribution in [0.2, 0.25) is 0 Å². The van der Waals surface area contributed by atoms with Gasteiger partial charge in [0.05, 0.1) is 17.9 Å². The molecule has 0 saturated heterocycles. The van der Waals surface area contributed by atoms with Crippen molar-refractivity contribution in [2.75, 3.05) is 6.54 Å². The van der Waals surface area contributed by atoms with Crippen LogP contribution in [0.15, 0.2) is 6.20 Å². The second kappa shape index (κ2) is 6.51. The zero-order chi connectivity index (χ0) is 15.4. The first-order chi connectivity index (χ1) is 9.97. The number of amides is 1. The summed E-state index contributed by atoms with van der Waals surface area (Å²) in [4.78, 5) is 11.9. The number of carbonyl (C=O) groups excluding carboxylic acids is 1. The molecule has 1 amide bonds. The standard InChI is InChI=1S/C14H22N6O/c1-10-9-20(18-16-10)8-7-15-14(21)6-5-13-11(2)17-19(4)12(13)3/h9H,5-8H2,1-4H3,(H,15,21). The van der Waals surface area contributed by atoms with Crippen LogP contribution in [0, 0.1) is 20.8 Å². The number of carbonyl (C=O) groups is 1. The third-order valence-corrected chi connectivity index (χ3v) is 3.58. The van der Waals surface area contributed by atoms with Crippen LogP contribution in [0.1, 0.15) is 29.1 Å². The van der Waals surface area contributed by atoms with Gasteiger partial charge in [0.1, 0.15) is 0 Å². The molecule has 0 radical (unpaired) electrons. The Balaban J connectivity index is 1.75. The summed E-state index contributed by atoms with van der Waals surface area (Å²) in [5.74, 6) is 0.0505. The molecule has 1 N–H and O–H groups in total. The Morgan fingerprint density at radius 2 is 2.10 bits per heavy atom. The highest BCUT2D eigenvalue weighted by atomic mass is 16.1. The van der Waals surface area contributed by atoms with E-state index in [1.54, 1.807) is 4.68 Å². The van der Waals surface area contributed by atoms with Gasteiger partial charge in [-0.25, -0.2) is 0 Å². The predicted octanol–water partition coefficient (Wildman–Crippen LogP) is 0.686. The summed E-state index contributed by atoms with van der Waals surface area (Å²) in [5.41, 5.74) is 4.17. The highest BCUT2D eigenvalue weighted by Crippen LogP contribution is 2.13. The molecule has 0 aliphatic heterocycles. The molecule has 114 valence electrons. The van der Waals surface area contributed by atoms with Crippen LogP contribution in [0.25, 0.3) is 0 Å². The van der Waals surface area contributed by atoms with Gasteiger partial charge in [-0.15, -0.1) is 5.10 Å². The van der Waals surface area contributed by atoms with E-state index in [1.807, 2.05) is 38.7 Å². The van der Waals surface area contributed by atoms with E-state index in [4.69, 9.17) is 0 Å². The van der Waals surface area contributed by atoms with Gasteiger partial charge in [0.15, 0.2) is 0 Å². The summed E-state index contributed by atoms with van der Waals surface area (Å²) in [6, 6.07) is 0. The average Bonchev–Trinajstić information content (AvgIpc) is 2.93. The molecule has 21 heavy (non-hydrogen) atoms. The van der Waals surface area contributed by atoms with Crippen molar-refractivity contribution in [2.45, 2.75) is 40.2 Å². The number of nitrogens with one attached hydrogen (secondary N) is 1. The SMILES string of the molecule is Cc1cn(CCNC(=O)CCc2c(C)nn(C)c2C)nn1. The van der Waals surface area contributed by atoms with Gasteiger partial charge in [0, 0.05) is 31.9 Å². The highest BCUT2D eigenvalue weighted by molar-refractivity contribution is 5.76. The maximum absolute atomic E-state index is 11.9. The van der Waals surface area contributed by atoms with Crippen LogP contribution < -0.4 is 5.32 Å². The van der Waals surface area contributed by atoms with Crippen LogP contribution in [0.3, 0.4) is 0 Å². The van der Waals surface area contributed by atoms with Crippen molar-refractivity contribution in [1.82, 2.24) is 30.1 Å². The van der Waals surface area contributed by atoms with Gasteiger partial charge >= 0.3 is 0 Å². The normalized spacial score (nSPS) is 10.9. The second-order valence-electron chi connectivity index (χ2n) is 5.25. The molecule has 0 aromatic carbocycles. The lowest BCUT2D eigenvalue weighted by Crippen LogP contribution is -2.27. The molecule has 0 aliphatic rings. The third-order valence-electron chi connectivity index (χ3n) is 3.58. The van der Waals surface area contributed by atoms with Gasteiger partial charge in [-0.2, -0.15) is 5.10 Å². The molecule has 0 atom stereocenters. The van der Waals surface area contributed by atoms with E-state index in [9.17, 15) is 4.79 Å². The fourth-order valence-corrected chi connectivity index (χ4v) is 2.32. The number of rotatable bonds is 6. The Labute approximate surface area is 124 Å². The van der Waals surface area contributed by atoms with E-state index in [-0.39, 0.29) is 5.91 Å². The Morgan fingerprint density at radius 1 is 1.33 bits per heavy atom. The summed E-state index contributed by atoms with van der Waals surface area (Å²) in [6.07, 6.45) is 3.05. The van der Waals surface area contributed by atoms with Crippen LogP contribution >= 0.6 is 0 Å². The largest absolute Gasteiger partial charge is 0.354 e. The lowest BCUT2D eigenvalue weighted by Gasteiger charge is -2.05. The van der Waals surface area contributed by atoms with Crippen LogP contribution in [-0.4, -0.2) is 37.2 Å². The number of hydrogen-bond donors (Lipinski definition) is 1. The molecule has 7 heteroatoms. The summed E-state index contributed by atoms with van der Waals surface area (Å²) < 4.78 is 3.58. The van der Waals surface area contributed by atoms with E-state index >= 15 is 0 Å². The lowest BCUT2D eigenvalue weighted by atomic mass is 10.1. The molecule has 2 aromatic heterocycles. The lowest BCUT2D eigenvalue weighted by molar-refractivity contribution is -0.121. The molecular formula is C14H22N6O. The van der Waals surface area contributed by atoms with Crippen LogP contribution in [0.4, 0.5) is 0 Å². The number of aromatic nitrogens is 5. The Kier molecular flexibility index (Phi) is 4.72. The smallest absolute Gasteiger partial charge is 0.220 e. The van der Waals surface area contributed by atoms with Crippen LogP contribution in [-0.2, 0) is 24.8 Å². The number of nitrogens with zero attached hydrogens (tertiary/aromatic N) is 5. The molecule has 0 aliphatic carbocycles. The summed E-state index contributed by atoms with van der Waals surface area (Å²) >= 11 is 0. The van der Waals surface area contributed by atoms with Gasteiger partial charge in [-0.1, -0.05) is 5.21 Å². The molecule has 7 nitrogen and oxygen atoms in total. The fraction of sp³-hybridized carbons (Fsp3) is 0.571. The van der Waals surface area contributed by atoms with Gasteiger partial charge in [-0.05, 0) is 32.8 Å². The Morgan fingerprint density at radius 3 is 2.67 bits per heavy atom. The Bertz CT molecular complexity index is 627. The fourth-order valence-electron chi connectivity index (χ4n) is 2.32. The number of aryl methyl sites for hydroxylation is 3. The van der Waals surface area contributed by atoms with Gasteiger partial charge in [0.2, 0.25) is 5.91 Å². The molecule has 0 bridgehead atoms. The monoisotopic (exact) mass is 290 g/mol. The van der Waals surface area contributed by atoms with Gasteiger partial charge in [-0.3, -0.25) is 14.2 Å². The minimum atomic E-state index is 0.0505. The first kappa shape index (κ1) is 15.2. The van der Waals surface area contributed by atoms with Crippen molar-refractivity contribution >= 4 is 5.91 Å². The zero-order valence-electron chi connectivity index (χ0n) is 13.1. The van der Waals surface area contributed by atoms with E-state index in [2.05, 4.69) is 20.7 Å². The molecule has 2 heterocycles. The maximum Gasteiger partial charge on any atom is 0.220 e. The molecule has 0 spiro atoms. The van der Waals surface area contributed by atoms with Crippen molar-refractivity contribution in [1.29, 1.82) is 0 Å². The van der Waals surface area contributed by atoms with E-state index < -0.39 is 0 Å². The van der Waals surface area contributed by atoms with E-state index in [0.717, 1.165) is 23.5 Å². The summed E-state index contributed by atoms with van der Waals surface area (Å²) in [7, 11) is 1.92. The molecule has 2 rings (SSSR count). The number of hydrogen-bond acceptors (Lipinski definition) is 4. The van der Waals surface area contributed by atoms with Crippen LogP contribution in [0.5, 0.6) is 0 Å². The van der Waals surface area contributed by atoms with Crippen molar-refractivity contribution in [3.8, 4) is 0 Å². The summed E-state index contributed by atoms with van der Waals surface area (Å²) in [6.45, 7) is 7.10. The molecule has 0 fully saturated rings. The minimum absolute atomic E-state index is 0.0505. The van der Waals surface area contributed by atoms with Crippen molar-refractivity contribution in [3.63, 3.8) is 0 Å². The molecule has 2 aromatic rings. The molecule has 0 saturated carbocycles. The molecule has 0 unspecified atom stereocenters. The van der Waals surface area contributed by atoms with Crippen molar-refractivity contribution in [3.05, 3.63) is 28.8 Å². The van der Waals surface area contributed by atoms with Crippen molar-refractivity contribution in [2.24, 2.45) is 7.05 Å². The highest BCUT2D eigenvalue weighted by Gasteiger charge is 2.11. The third kappa shape index (κ3) is 3.90. The van der Waals surface area contributed by atoms with Gasteiger partial charge in [0.25, 0.3) is 0 Å². The van der Waals surface area contributed by atoms with Gasteiger partial charge < -0.3 is 5.32 Å². The zero-order valence-corrected chi connectivity index (χ0v) is 13.1. The predicted molar refractivity (Wildman–Crippen MR) is 78.8 cm³/mol. The minimum Gasteiger partial charge on any atom is -0.354 e.